The van der Waals surface area contributed by atoms with Gasteiger partial charge in [-0.1, -0.05) is 6.92 Å². The van der Waals surface area contributed by atoms with Crippen LogP contribution < -0.4 is 0 Å². The molecule has 2 atom stereocenters. The van der Waals surface area contributed by atoms with Crippen LogP contribution in [0.15, 0.2) is 6.20 Å². The number of hydrogen-bond acceptors (Lipinski definition) is 4. The smallest absolute Gasteiger partial charge is 0.257 e. The highest BCUT2D eigenvalue weighted by atomic mass is 16.3. The lowest BCUT2D eigenvalue weighted by Crippen LogP contribution is -2.63. The highest BCUT2D eigenvalue weighted by Crippen LogP contribution is 2.42. The Morgan fingerprint density at radius 2 is 2.19 bits per heavy atom. The van der Waals surface area contributed by atoms with E-state index in [1.165, 1.54) is 0 Å². The molecule has 1 amide bonds. The number of likely N-dealkylation sites (tertiary alicyclic amines) is 2. The van der Waals surface area contributed by atoms with Gasteiger partial charge in [-0.2, -0.15) is 5.10 Å². The maximum absolute atomic E-state index is 13.4. The maximum Gasteiger partial charge on any atom is 0.257 e. The maximum atomic E-state index is 13.4. The molecular formula is C20H32N4O2. The second-order valence-corrected chi connectivity index (χ2v) is 8.39. The van der Waals surface area contributed by atoms with Gasteiger partial charge in [0.2, 0.25) is 0 Å². The van der Waals surface area contributed by atoms with Crippen molar-refractivity contribution in [2.45, 2.75) is 64.5 Å². The standard InChI is InChI=1S/C20H32N4O2/c1-2-9-22-12-7-18-20(14-22,15-25)8-5-10-23(18)19(26)16-13-21-24-11-4-3-6-17(16)24/h13,18,25H,2-12,14-15H2,1H3/t18-,20-/m1/s1. The van der Waals surface area contributed by atoms with Crippen LogP contribution in [0.5, 0.6) is 0 Å². The van der Waals surface area contributed by atoms with E-state index in [1.807, 2.05) is 4.68 Å². The zero-order chi connectivity index (χ0) is 18.1. The van der Waals surface area contributed by atoms with E-state index in [4.69, 9.17) is 0 Å². The molecule has 4 rings (SSSR count). The largest absolute Gasteiger partial charge is 0.396 e. The minimum atomic E-state index is -0.158. The second kappa shape index (κ2) is 7.31. The van der Waals surface area contributed by atoms with E-state index in [2.05, 4.69) is 21.8 Å². The summed E-state index contributed by atoms with van der Waals surface area (Å²) in [6.45, 7) is 7.14. The summed E-state index contributed by atoms with van der Waals surface area (Å²) in [4.78, 5) is 18.0. The summed E-state index contributed by atoms with van der Waals surface area (Å²) in [5.74, 6) is 0.139. The molecule has 0 saturated carbocycles. The normalized spacial score (nSPS) is 29.3. The zero-order valence-corrected chi connectivity index (χ0v) is 16.0. The predicted molar refractivity (Wildman–Crippen MR) is 100 cm³/mol. The molecule has 2 fully saturated rings. The van der Waals surface area contributed by atoms with Gasteiger partial charge in [0, 0.05) is 37.6 Å². The van der Waals surface area contributed by atoms with Gasteiger partial charge in [-0.25, -0.2) is 0 Å². The predicted octanol–water partition coefficient (Wildman–Crippen LogP) is 1.92. The van der Waals surface area contributed by atoms with Crippen molar-refractivity contribution in [1.82, 2.24) is 19.6 Å². The summed E-state index contributed by atoms with van der Waals surface area (Å²) in [7, 11) is 0. The number of aliphatic hydroxyl groups excluding tert-OH is 1. The molecule has 0 bridgehead atoms. The van der Waals surface area contributed by atoms with E-state index < -0.39 is 0 Å². The Balaban J connectivity index is 1.59. The molecule has 26 heavy (non-hydrogen) atoms. The van der Waals surface area contributed by atoms with E-state index in [9.17, 15) is 9.90 Å². The van der Waals surface area contributed by atoms with E-state index >= 15 is 0 Å². The first kappa shape index (κ1) is 18.0. The van der Waals surface area contributed by atoms with Gasteiger partial charge in [0.1, 0.15) is 0 Å². The Bertz CT molecular complexity index is 658. The summed E-state index contributed by atoms with van der Waals surface area (Å²) >= 11 is 0. The van der Waals surface area contributed by atoms with E-state index in [-0.39, 0.29) is 24.0 Å². The van der Waals surface area contributed by atoms with Crippen LogP contribution in [-0.2, 0) is 13.0 Å². The SMILES string of the molecule is CCCN1CC[C@H]2N(C(=O)c3cnn4c3CCCC4)CCC[C@]2(CO)C1. The van der Waals surface area contributed by atoms with Gasteiger partial charge in [-0.15, -0.1) is 0 Å². The molecule has 6 nitrogen and oxygen atoms in total. The summed E-state index contributed by atoms with van der Waals surface area (Å²) in [5, 5.41) is 14.8. The van der Waals surface area contributed by atoms with Crippen LogP contribution in [0.4, 0.5) is 0 Å². The lowest BCUT2D eigenvalue weighted by atomic mass is 9.69. The van der Waals surface area contributed by atoms with Crippen molar-refractivity contribution >= 4 is 5.91 Å². The van der Waals surface area contributed by atoms with Gasteiger partial charge in [0.25, 0.3) is 5.91 Å². The average Bonchev–Trinajstić information content (AvgIpc) is 3.11. The molecule has 3 aliphatic rings. The van der Waals surface area contributed by atoms with Crippen molar-refractivity contribution in [3.63, 3.8) is 0 Å². The monoisotopic (exact) mass is 360 g/mol. The number of piperidine rings is 2. The molecule has 6 heteroatoms. The Hall–Kier alpha value is -1.40. The fourth-order valence-electron chi connectivity index (χ4n) is 5.47. The number of amides is 1. The topological polar surface area (TPSA) is 61.6 Å². The molecular weight excluding hydrogens is 328 g/mol. The molecule has 0 aromatic carbocycles. The van der Waals surface area contributed by atoms with Gasteiger partial charge < -0.3 is 14.9 Å². The first-order chi connectivity index (χ1) is 12.7. The molecule has 1 aromatic heterocycles. The highest BCUT2D eigenvalue weighted by Gasteiger charge is 2.49. The Labute approximate surface area is 156 Å². The zero-order valence-electron chi connectivity index (χ0n) is 16.0. The summed E-state index contributed by atoms with van der Waals surface area (Å²) in [6, 6.07) is 0.154. The van der Waals surface area contributed by atoms with Gasteiger partial charge in [-0.05, 0) is 51.5 Å². The number of aryl methyl sites for hydroxylation is 1. The number of aromatic nitrogens is 2. The van der Waals surface area contributed by atoms with Crippen LogP contribution in [0.3, 0.4) is 0 Å². The van der Waals surface area contributed by atoms with E-state index in [0.717, 1.165) is 88.9 Å². The van der Waals surface area contributed by atoms with Crippen LogP contribution in [0, 0.1) is 5.41 Å². The van der Waals surface area contributed by atoms with Crippen molar-refractivity contribution in [2.24, 2.45) is 5.41 Å². The van der Waals surface area contributed by atoms with Gasteiger partial charge in [0.05, 0.1) is 24.1 Å². The Morgan fingerprint density at radius 1 is 1.31 bits per heavy atom. The van der Waals surface area contributed by atoms with Crippen molar-refractivity contribution in [2.75, 3.05) is 32.8 Å². The average molecular weight is 361 g/mol. The summed E-state index contributed by atoms with van der Waals surface area (Å²) in [6.07, 6.45) is 9.13. The summed E-state index contributed by atoms with van der Waals surface area (Å²) < 4.78 is 2.02. The number of rotatable bonds is 4. The molecule has 144 valence electrons. The molecule has 2 saturated heterocycles. The number of hydrogen-bond donors (Lipinski definition) is 1. The first-order valence-corrected chi connectivity index (χ1v) is 10.4. The van der Waals surface area contributed by atoms with Crippen LogP contribution >= 0.6 is 0 Å². The molecule has 1 N–H and O–H groups in total. The number of carbonyl (C=O) groups is 1. The van der Waals surface area contributed by atoms with E-state index in [1.54, 1.807) is 6.20 Å². The third-order valence-corrected chi connectivity index (χ3v) is 6.74. The van der Waals surface area contributed by atoms with Crippen LogP contribution in [-0.4, -0.2) is 69.4 Å². The fourth-order valence-corrected chi connectivity index (χ4v) is 5.47. The fraction of sp³-hybridized carbons (Fsp3) is 0.800. The van der Waals surface area contributed by atoms with Gasteiger partial charge in [0.15, 0.2) is 0 Å². The van der Waals surface area contributed by atoms with Crippen molar-refractivity contribution in [3.05, 3.63) is 17.5 Å². The third kappa shape index (κ3) is 2.97. The first-order valence-electron chi connectivity index (χ1n) is 10.4. The van der Waals surface area contributed by atoms with Crippen LogP contribution in [0.25, 0.3) is 0 Å². The second-order valence-electron chi connectivity index (χ2n) is 8.39. The quantitative estimate of drug-likeness (QED) is 0.891. The molecule has 0 radical (unpaired) electrons. The molecule has 4 heterocycles. The van der Waals surface area contributed by atoms with Crippen LogP contribution in [0.1, 0.15) is 61.5 Å². The molecule has 3 aliphatic heterocycles. The van der Waals surface area contributed by atoms with E-state index in [0.29, 0.717) is 0 Å². The number of aliphatic hydroxyl groups is 1. The van der Waals surface area contributed by atoms with Crippen molar-refractivity contribution in [3.8, 4) is 0 Å². The molecule has 1 aromatic rings. The highest BCUT2D eigenvalue weighted by molar-refractivity contribution is 5.95. The van der Waals surface area contributed by atoms with Gasteiger partial charge in [-0.3, -0.25) is 9.48 Å². The minimum absolute atomic E-state index is 0.139. The lowest BCUT2D eigenvalue weighted by molar-refractivity contribution is -0.0665. The Kier molecular flexibility index (Phi) is 5.06. The number of carbonyl (C=O) groups excluding carboxylic acids is 1. The lowest BCUT2D eigenvalue weighted by Gasteiger charge is -2.54. The number of fused-ring (bicyclic) bond motifs is 2. The summed E-state index contributed by atoms with van der Waals surface area (Å²) in [5.41, 5.74) is 1.76. The van der Waals surface area contributed by atoms with Crippen molar-refractivity contribution < 1.29 is 9.90 Å². The Morgan fingerprint density at radius 3 is 3.00 bits per heavy atom. The number of nitrogens with zero attached hydrogens (tertiary/aromatic N) is 4. The van der Waals surface area contributed by atoms with Crippen LogP contribution in [0.2, 0.25) is 0 Å². The van der Waals surface area contributed by atoms with Crippen molar-refractivity contribution in [1.29, 1.82) is 0 Å². The minimum Gasteiger partial charge on any atom is -0.396 e. The van der Waals surface area contributed by atoms with Gasteiger partial charge >= 0.3 is 0 Å². The molecule has 0 aliphatic carbocycles. The molecule has 0 unspecified atom stereocenters. The molecule has 0 spiro atoms. The third-order valence-electron chi connectivity index (χ3n) is 6.74.